The van der Waals surface area contributed by atoms with E-state index in [4.69, 9.17) is 10.2 Å². The topological polar surface area (TPSA) is 74.6 Å². The Morgan fingerprint density at radius 2 is 1.40 bits per heavy atom. The highest BCUT2D eigenvalue weighted by molar-refractivity contribution is 14.0. The van der Waals surface area contributed by atoms with Gasteiger partial charge in [-0.1, -0.05) is 0 Å². The normalized spacial score (nSPS) is 34.6. The number of carbonyl (C=O) groups is 2. The van der Waals surface area contributed by atoms with E-state index in [2.05, 4.69) is 0 Å². The minimum atomic E-state index is -1.46. The minimum absolute atomic E-state index is 0. The lowest BCUT2D eigenvalue weighted by Gasteiger charge is -2.00. The molecule has 10 heavy (non-hydrogen) atoms. The van der Waals surface area contributed by atoms with E-state index in [0.29, 0.717) is 0 Å². The molecule has 1 saturated heterocycles. The number of carbonyl (C=O) groups excluding carboxylic acids is 2. The van der Waals surface area contributed by atoms with Crippen molar-refractivity contribution in [2.45, 2.75) is 12.2 Å². The Morgan fingerprint density at radius 1 is 1.10 bits per heavy atom. The molecule has 2 N–H and O–H groups in total. The van der Waals surface area contributed by atoms with Gasteiger partial charge in [-0.25, -0.2) is 0 Å². The van der Waals surface area contributed by atoms with Gasteiger partial charge in [0.25, 0.3) is 0 Å². The lowest BCUT2D eigenvalue weighted by molar-refractivity contribution is -0.129. The summed E-state index contributed by atoms with van der Waals surface area (Å²) < 4.78 is 0. The first-order valence-corrected chi connectivity index (χ1v) is 3.34. The van der Waals surface area contributed by atoms with Gasteiger partial charge in [-0.2, -0.15) is 0 Å². The molecule has 1 heterocycles. The lowest BCUT2D eigenvalue weighted by Crippen LogP contribution is -2.27. The molecule has 1 fully saturated rings. The smallest absolute Gasteiger partial charge is 0.190 e. The average Bonchev–Trinajstić information content (AvgIpc) is 1.98. The zero-order valence-corrected chi connectivity index (χ0v) is 8.10. The highest BCUT2D eigenvalue weighted by atomic mass is 127. The molecule has 0 bridgehead atoms. The molecular formula is C4H6IO4P. The monoisotopic (exact) mass is 276 g/mol. The van der Waals surface area contributed by atoms with E-state index < -0.39 is 31.8 Å². The Morgan fingerprint density at radius 3 is 1.50 bits per heavy atom. The lowest BCUT2D eigenvalue weighted by atomic mass is 10.2. The molecule has 1 aliphatic rings. The molecule has 0 saturated carbocycles. The van der Waals surface area contributed by atoms with Gasteiger partial charge in [0, 0.05) is 8.58 Å². The first-order chi connectivity index (χ1) is 4.13. The van der Waals surface area contributed by atoms with Gasteiger partial charge < -0.3 is 10.2 Å². The number of aliphatic hydroxyl groups excluding tert-OH is 2. The molecular weight excluding hydrogens is 270 g/mol. The van der Waals surface area contributed by atoms with Crippen LogP contribution in [0, 0.1) is 0 Å². The molecule has 0 radical (unpaired) electrons. The van der Waals surface area contributed by atoms with Crippen molar-refractivity contribution < 1.29 is 19.8 Å². The Bertz CT molecular complexity index is 153. The Hall–Kier alpha value is 0.420. The third kappa shape index (κ3) is 1.72. The zero-order valence-electron chi connectivity index (χ0n) is 4.77. The zero-order chi connectivity index (χ0) is 7.02. The maximum absolute atomic E-state index is 10.4. The SMILES string of the molecule is I.O=C1PC(=O)C(O)C1O. The predicted molar refractivity (Wildman–Crippen MR) is 45.8 cm³/mol. The molecule has 0 aromatic heterocycles. The molecule has 0 amide bonds. The highest BCUT2D eigenvalue weighted by Gasteiger charge is 2.38. The molecule has 1 rings (SSSR count). The minimum Gasteiger partial charge on any atom is -0.382 e. The number of hydrogen-bond donors (Lipinski definition) is 2. The van der Waals surface area contributed by atoms with Crippen molar-refractivity contribution in [3.8, 4) is 0 Å². The van der Waals surface area contributed by atoms with Crippen molar-refractivity contribution in [3.63, 3.8) is 0 Å². The second-order valence-electron chi connectivity index (χ2n) is 1.74. The van der Waals surface area contributed by atoms with Gasteiger partial charge in [0.05, 0.1) is 0 Å². The Kier molecular flexibility index (Phi) is 3.86. The van der Waals surface area contributed by atoms with Gasteiger partial charge >= 0.3 is 0 Å². The van der Waals surface area contributed by atoms with Crippen molar-refractivity contribution in [3.05, 3.63) is 0 Å². The van der Waals surface area contributed by atoms with Crippen molar-refractivity contribution in [1.82, 2.24) is 0 Å². The fourth-order valence-corrected chi connectivity index (χ4v) is 1.41. The van der Waals surface area contributed by atoms with Crippen LogP contribution in [0.3, 0.4) is 0 Å². The van der Waals surface area contributed by atoms with Crippen LogP contribution in [0.1, 0.15) is 0 Å². The number of halogens is 1. The van der Waals surface area contributed by atoms with Gasteiger partial charge in [-0.3, -0.25) is 9.59 Å². The standard InChI is InChI=1S/C4H5O4P.HI/c5-1-2(6)4(8)9-3(1)7;/h1-2,5-6,9H;1H. The summed E-state index contributed by atoms with van der Waals surface area (Å²) in [6, 6.07) is 0. The second kappa shape index (κ2) is 3.71. The van der Waals surface area contributed by atoms with Crippen LogP contribution in [-0.4, -0.2) is 33.5 Å². The molecule has 2 atom stereocenters. The van der Waals surface area contributed by atoms with Gasteiger partial charge in [-0.15, -0.1) is 24.0 Å². The van der Waals surface area contributed by atoms with Crippen LogP contribution in [-0.2, 0) is 9.59 Å². The van der Waals surface area contributed by atoms with E-state index in [-0.39, 0.29) is 24.0 Å². The predicted octanol–water partition coefficient (Wildman–Crippen LogP) is -0.929. The average molecular weight is 276 g/mol. The molecule has 58 valence electrons. The Labute approximate surface area is 75.8 Å². The highest BCUT2D eigenvalue weighted by Crippen LogP contribution is 2.27. The molecule has 6 heteroatoms. The van der Waals surface area contributed by atoms with E-state index in [1.165, 1.54) is 0 Å². The number of aliphatic hydroxyl groups is 2. The fourth-order valence-electron chi connectivity index (χ4n) is 0.556. The summed E-state index contributed by atoms with van der Waals surface area (Å²) >= 11 is 0. The van der Waals surface area contributed by atoms with Gasteiger partial charge in [0.15, 0.2) is 11.0 Å². The van der Waals surface area contributed by atoms with Crippen molar-refractivity contribution >= 4 is 43.6 Å². The number of rotatable bonds is 0. The summed E-state index contributed by atoms with van der Waals surface area (Å²) in [4.78, 5) is 20.8. The quantitative estimate of drug-likeness (QED) is 0.443. The van der Waals surface area contributed by atoms with Gasteiger partial charge in [-0.05, 0) is 0 Å². The molecule has 2 unspecified atom stereocenters. The van der Waals surface area contributed by atoms with E-state index in [1.807, 2.05) is 0 Å². The maximum Gasteiger partial charge on any atom is 0.190 e. The fraction of sp³-hybridized carbons (Fsp3) is 0.500. The summed E-state index contributed by atoms with van der Waals surface area (Å²) in [7, 11) is -0.561. The van der Waals surface area contributed by atoms with E-state index >= 15 is 0 Å². The van der Waals surface area contributed by atoms with E-state index in [0.717, 1.165) is 0 Å². The third-order valence-electron chi connectivity index (χ3n) is 1.08. The van der Waals surface area contributed by atoms with Crippen LogP contribution in [0.5, 0.6) is 0 Å². The summed E-state index contributed by atoms with van der Waals surface area (Å²) in [6.07, 6.45) is -2.92. The van der Waals surface area contributed by atoms with Crippen molar-refractivity contribution in [2.24, 2.45) is 0 Å². The Balaban J connectivity index is 0.000000810. The first kappa shape index (κ1) is 10.4. The summed E-state index contributed by atoms with van der Waals surface area (Å²) in [5.74, 6) is 0. The van der Waals surface area contributed by atoms with Crippen LogP contribution in [0.25, 0.3) is 0 Å². The van der Waals surface area contributed by atoms with E-state index in [1.54, 1.807) is 0 Å². The van der Waals surface area contributed by atoms with Gasteiger partial charge in [0.2, 0.25) is 0 Å². The molecule has 0 aromatic carbocycles. The summed E-state index contributed by atoms with van der Waals surface area (Å²) in [6.45, 7) is 0. The van der Waals surface area contributed by atoms with Crippen molar-refractivity contribution in [2.75, 3.05) is 0 Å². The van der Waals surface area contributed by atoms with Crippen LogP contribution < -0.4 is 0 Å². The van der Waals surface area contributed by atoms with Crippen LogP contribution >= 0.6 is 32.6 Å². The first-order valence-electron chi connectivity index (χ1n) is 2.34. The molecule has 0 aromatic rings. The van der Waals surface area contributed by atoms with E-state index in [9.17, 15) is 9.59 Å². The molecule has 1 aliphatic heterocycles. The van der Waals surface area contributed by atoms with Crippen molar-refractivity contribution in [1.29, 1.82) is 0 Å². The molecule has 0 aliphatic carbocycles. The third-order valence-corrected chi connectivity index (χ3v) is 2.17. The van der Waals surface area contributed by atoms with Crippen LogP contribution in [0.15, 0.2) is 0 Å². The second-order valence-corrected chi connectivity index (χ2v) is 2.98. The summed E-state index contributed by atoms with van der Waals surface area (Å²) in [5.41, 5.74) is -1.12. The molecule has 0 spiro atoms. The largest absolute Gasteiger partial charge is 0.382 e. The van der Waals surface area contributed by atoms with Gasteiger partial charge in [0.1, 0.15) is 12.2 Å². The summed E-state index contributed by atoms with van der Waals surface area (Å²) in [5, 5.41) is 17.2. The maximum atomic E-state index is 10.4. The van der Waals surface area contributed by atoms with Crippen LogP contribution in [0.2, 0.25) is 0 Å². The molecule has 4 nitrogen and oxygen atoms in total. The number of hydrogen-bond acceptors (Lipinski definition) is 4. The van der Waals surface area contributed by atoms with Crippen LogP contribution in [0.4, 0.5) is 0 Å².